The minimum absolute atomic E-state index is 0.0137. The second-order valence-electron chi connectivity index (χ2n) is 2.55. The number of esters is 2. The standard InChI is InChI=1S/C8H12O5/c1-6(10)5-8(12)13-7(11)3-2-4-9/h9H,2-5H2,1H3. The van der Waals surface area contributed by atoms with Crippen molar-refractivity contribution in [3.05, 3.63) is 0 Å². The van der Waals surface area contributed by atoms with E-state index in [4.69, 9.17) is 5.11 Å². The highest BCUT2D eigenvalue weighted by molar-refractivity contribution is 5.98. The Morgan fingerprint density at radius 3 is 2.31 bits per heavy atom. The zero-order valence-corrected chi connectivity index (χ0v) is 7.41. The van der Waals surface area contributed by atoms with Crippen molar-refractivity contribution in [1.82, 2.24) is 0 Å². The van der Waals surface area contributed by atoms with Crippen molar-refractivity contribution < 1.29 is 24.2 Å². The number of carbonyl (C=O) groups excluding carboxylic acids is 3. The Morgan fingerprint density at radius 1 is 1.23 bits per heavy atom. The first-order valence-electron chi connectivity index (χ1n) is 3.90. The predicted molar refractivity (Wildman–Crippen MR) is 42.7 cm³/mol. The topological polar surface area (TPSA) is 80.7 Å². The van der Waals surface area contributed by atoms with Gasteiger partial charge in [0, 0.05) is 13.0 Å². The van der Waals surface area contributed by atoms with Crippen LogP contribution in [0.5, 0.6) is 0 Å². The van der Waals surface area contributed by atoms with E-state index in [9.17, 15) is 14.4 Å². The molecule has 5 nitrogen and oxygen atoms in total. The van der Waals surface area contributed by atoms with Crippen molar-refractivity contribution in [1.29, 1.82) is 0 Å². The van der Waals surface area contributed by atoms with Crippen LogP contribution in [0.3, 0.4) is 0 Å². The van der Waals surface area contributed by atoms with E-state index >= 15 is 0 Å². The Bertz CT molecular complexity index is 209. The third-order valence-electron chi connectivity index (χ3n) is 1.16. The van der Waals surface area contributed by atoms with Gasteiger partial charge in [0.2, 0.25) is 0 Å². The monoisotopic (exact) mass is 188 g/mol. The fourth-order valence-corrected chi connectivity index (χ4v) is 0.641. The molecule has 0 rings (SSSR count). The number of aliphatic hydroxyl groups excluding tert-OH is 1. The minimum atomic E-state index is -0.838. The lowest BCUT2D eigenvalue weighted by atomic mass is 10.3. The van der Waals surface area contributed by atoms with E-state index in [0.717, 1.165) is 0 Å². The fourth-order valence-electron chi connectivity index (χ4n) is 0.641. The zero-order valence-electron chi connectivity index (χ0n) is 7.41. The molecule has 0 aliphatic rings. The number of rotatable bonds is 5. The number of hydrogen-bond donors (Lipinski definition) is 1. The van der Waals surface area contributed by atoms with E-state index < -0.39 is 11.9 Å². The molecule has 0 radical (unpaired) electrons. The van der Waals surface area contributed by atoms with Crippen molar-refractivity contribution in [3.8, 4) is 0 Å². The largest absolute Gasteiger partial charge is 0.396 e. The summed E-state index contributed by atoms with van der Waals surface area (Å²) in [4.78, 5) is 31.8. The van der Waals surface area contributed by atoms with E-state index in [-0.39, 0.29) is 31.7 Å². The first kappa shape index (κ1) is 11.8. The molecule has 0 bridgehead atoms. The van der Waals surface area contributed by atoms with Crippen LogP contribution in [0.1, 0.15) is 26.2 Å². The summed E-state index contributed by atoms with van der Waals surface area (Å²) in [5.41, 5.74) is 0. The van der Waals surface area contributed by atoms with Crippen LogP contribution in [-0.4, -0.2) is 29.4 Å². The molecular weight excluding hydrogens is 176 g/mol. The molecule has 0 aromatic rings. The molecule has 0 amide bonds. The molecular formula is C8H12O5. The van der Waals surface area contributed by atoms with Gasteiger partial charge >= 0.3 is 11.9 Å². The lowest BCUT2D eigenvalue weighted by Gasteiger charge is -1.99. The lowest BCUT2D eigenvalue weighted by Crippen LogP contribution is -2.14. The van der Waals surface area contributed by atoms with Gasteiger partial charge in [0.05, 0.1) is 0 Å². The Balaban J connectivity index is 3.65. The van der Waals surface area contributed by atoms with Crippen LogP contribution in [0.2, 0.25) is 0 Å². The maximum atomic E-state index is 10.7. The molecule has 1 N–H and O–H groups in total. The molecule has 0 aliphatic heterocycles. The Kier molecular flexibility index (Phi) is 5.71. The second-order valence-corrected chi connectivity index (χ2v) is 2.55. The van der Waals surface area contributed by atoms with Gasteiger partial charge in [-0.2, -0.15) is 0 Å². The molecule has 0 aromatic heterocycles. The highest BCUT2D eigenvalue weighted by Gasteiger charge is 2.11. The normalized spacial score (nSPS) is 9.38. The SMILES string of the molecule is CC(=O)CC(=O)OC(=O)CCCO. The van der Waals surface area contributed by atoms with E-state index in [0.29, 0.717) is 0 Å². The maximum absolute atomic E-state index is 10.7. The summed E-state index contributed by atoms with van der Waals surface area (Å²) in [6, 6.07) is 0. The number of carbonyl (C=O) groups is 3. The molecule has 0 unspecified atom stereocenters. The van der Waals surface area contributed by atoms with E-state index in [1.54, 1.807) is 0 Å². The summed E-state index contributed by atoms with van der Waals surface area (Å²) in [6.07, 6.45) is -0.142. The van der Waals surface area contributed by atoms with Crippen molar-refractivity contribution in [2.75, 3.05) is 6.61 Å². The average Bonchev–Trinajstić information content (AvgIpc) is 1.98. The van der Waals surface area contributed by atoms with Crippen molar-refractivity contribution >= 4 is 17.7 Å². The molecule has 0 aromatic carbocycles. The molecule has 0 heterocycles. The molecule has 0 spiro atoms. The fraction of sp³-hybridized carbons (Fsp3) is 0.625. The van der Waals surface area contributed by atoms with Crippen LogP contribution in [0.25, 0.3) is 0 Å². The Labute approximate surface area is 75.7 Å². The summed E-state index contributed by atoms with van der Waals surface area (Å²) in [7, 11) is 0. The van der Waals surface area contributed by atoms with Crippen molar-refractivity contribution in [3.63, 3.8) is 0 Å². The third-order valence-corrected chi connectivity index (χ3v) is 1.16. The van der Waals surface area contributed by atoms with Gasteiger partial charge in [-0.25, -0.2) is 0 Å². The first-order valence-corrected chi connectivity index (χ1v) is 3.90. The van der Waals surface area contributed by atoms with Gasteiger partial charge in [-0.1, -0.05) is 0 Å². The van der Waals surface area contributed by atoms with Crippen LogP contribution in [-0.2, 0) is 19.1 Å². The summed E-state index contributed by atoms with van der Waals surface area (Å²) >= 11 is 0. The smallest absolute Gasteiger partial charge is 0.320 e. The first-order chi connectivity index (χ1) is 6.06. The molecule has 0 saturated carbocycles. The van der Waals surface area contributed by atoms with Gasteiger partial charge in [-0.15, -0.1) is 0 Å². The van der Waals surface area contributed by atoms with Crippen molar-refractivity contribution in [2.24, 2.45) is 0 Å². The van der Waals surface area contributed by atoms with E-state index in [2.05, 4.69) is 4.74 Å². The van der Waals surface area contributed by atoms with Gasteiger partial charge in [0.15, 0.2) is 0 Å². The molecule has 74 valence electrons. The number of hydrogen-bond acceptors (Lipinski definition) is 5. The van der Waals surface area contributed by atoms with Crippen LogP contribution >= 0.6 is 0 Å². The quantitative estimate of drug-likeness (QED) is 0.477. The summed E-state index contributed by atoms with van der Waals surface area (Å²) < 4.78 is 4.25. The van der Waals surface area contributed by atoms with Crippen LogP contribution in [0, 0.1) is 0 Å². The Hall–Kier alpha value is -1.23. The maximum Gasteiger partial charge on any atom is 0.320 e. The van der Waals surface area contributed by atoms with Gasteiger partial charge in [0.25, 0.3) is 0 Å². The lowest BCUT2D eigenvalue weighted by molar-refractivity contribution is -0.160. The zero-order chi connectivity index (χ0) is 10.3. The van der Waals surface area contributed by atoms with Crippen LogP contribution in [0.4, 0.5) is 0 Å². The van der Waals surface area contributed by atoms with E-state index in [1.807, 2.05) is 0 Å². The number of aliphatic hydroxyl groups is 1. The highest BCUT2D eigenvalue weighted by atomic mass is 16.6. The van der Waals surface area contributed by atoms with Gasteiger partial charge in [-0.3, -0.25) is 14.4 Å². The summed E-state index contributed by atoms with van der Waals surface area (Å²) in [5, 5.41) is 8.35. The molecule has 0 fully saturated rings. The molecule has 0 saturated heterocycles. The Morgan fingerprint density at radius 2 is 1.85 bits per heavy atom. The predicted octanol–water partition coefficient (Wildman–Crippen LogP) is -0.192. The van der Waals surface area contributed by atoms with Crippen molar-refractivity contribution in [2.45, 2.75) is 26.2 Å². The molecule has 0 aliphatic carbocycles. The second kappa shape index (κ2) is 6.30. The summed E-state index contributed by atoms with van der Waals surface area (Å²) in [5.74, 6) is -1.89. The summed E-state index contributed by atoms with van der Waals surface area (Å²) in [6.45, 7) is 1.11. The average molecular weight is 188 g/mol. The molecule has 13 heavy (non-hydrogen) atoms. The molecule has 5 heteroatoms. The number of ketones is 1. The van der Waals surface area contributed by atoms with Gasteiger partial charge in [0.1, 0.15) is 12.2 Å². The third kappa shape index (κ3) is 7.14. The van der Waals surface area contributed by atoms with Gasteiger partial charge < -0.3 is 9.84 Å². The number of ether oxygens (including phenoxy) is 1. The van der Waals surface area contributed by atoms with Crippen LogP contribution in [0.15, 0.2) is 0 Å². The van der Waals surface area contributed by atoms with Gasteiger partial charge in [-0.05, 0) is 13.3 Å². The highest BCUT2D eigenvalue weighted by Crippen LogP contribution is 1.95. The minimum Gasteiger partial charge on any atom is -0.396 e. The van der Waals surface area contributed by atoms with Crippen LogP contribution < -0.4 is 0 Å². The molecule has 0 atom stereocenters. The van der Waals surface area contributed by atoms with E-state index in [1.165, 1.54) is 6.92 Å². The number of Topliss-reactive ketones (excluding diaryl/α,β-unsaturated/α-hetero) is 1.